The van der Waals surface area contributed by atoms with E-state index in [0.717, 1.165) is 12.5 Å². The third kappa shape index (κ3) is 2.05. The molecule has 1 saturated carbocycles. The van der Waals surface area contributed by atoms with Crippen LogP contribution in [0.15, 0.2) is 24.5 Å². The molecule has 1 aromatic rings. The maximum atomic E-state index is 5.99. The Morgan fingerprint density at radius 3 is 2.73 bits per heavy atom. The Morgan fingerprint density at radius 1 is 1.47 bits per heavy atom. The first-order valence-corrected chi connectivity index (χ1v) is 5.87. The van der Waals surface area contributed by atoms with E-state index >= 15 is 0 Å². The van der Waals surface area contributed by atoms with E-state index in [0.29, 0.717) is 0 Å². The van der Waals surface area contributed by atoms with Crippen molar-refractivity contribution in [1.29, 1.82) is 0 Å². The molecule has 1 aliphatic carbocycles. The lowest BCUT2D eigenvalue weighted by Crippen LogP contribution is -2.38. The highest BCUT2D eigenvalue weighted by Gasteiger charge is 2.34. The van der Waals surface area contributed by atoms with Crippen LogP contribution in [0, 0.1) is 5.92 Å². The number of rotatable bonds is 2. The van der Waals surface area contributed by atoms with Crippen LogP contribution in [0.25, 0.3) is 0 Å². The van der Waals surface area contributed by atoms with Crippen molar-refractivity contribution >= 4 is 0 Å². The summed E-state index contributed by atoms with van der Waals surface area (Å²) in [5.74, 6) is 0.862. The summed E-state index contributed by atoms with van der Waals surface area (Å²) in [5, 5.41) is 0. The highest BCUT2D eigenvalue weighted by molar-refractivity contribution is 5.23. The van der Waals surface area contributed by atoms with Gasteiger partial charge in [0.15, 0.2) is 0 Å². The second kappa shape index (κ2) is 4.31. The summed E-state index contributed by atoms with van der Waals surface area (Å²) < 4.78 is 0. The molecule has 0 atom stereocenters. The van der Waals surface area contributed by atoms with Gasteiger partial charge in [-0.05, 0) is 43.2 Å². The van der Waals surface area contributed by atoms with Crippen LogP contribution >= 0.6 is 0 Å². The van der Waals surface area contributed by atoms with Crippen molar-refractivity contribution in [2.24, 2.45) is 11.7 Å². The van der Waals surface area contributed by atoms with Crippen LogP contribution in [0.5, 0.6) is 0 Å². The Kier molecular flexibility index (Phi) is 3.06. The first-order valence-electron chi connectivity index (χ1n) is 5.87. The number of hydrogen-bond donors (Lipinski definition) is 1. The van der Waals surface area contributed by atoms with Crippen molar-refractivity contribution in [3.05, 3.63) is 30.1 Å². The maximum Gasteiger partial charge on any atom is 0.0306 e. The monoisotopic (exact) mass is 204 g/mol. The molecule has 0 aromatic carbocycles. The molecule has 15 heavy (non-hydrogen) atoms. The summed E-state index contributed by atoms with van der Waals surface area (Å²) >= 11 is 0. The predicted octanol–water partition coefficient (Wildman–Crippen LogP) is 2.49. The molecule has 0 saturated heterocycles. The molecule has 1 aromatic heterocycles. The molecule has 82 valence electrons. The average Bonchev–Trinajstić information content (AvgIpc) is 2.32. The average molecular weight is 204 g/mol. The van der Waals surface area contributed by atoms with Crippen molar-refractivity contribution in [3.63, 3.8) is 0 Å². The molecule has 0 unspecified atom stereocenters. The highest BCUT2D eigenvalue weighted by Crippen LogP contribution is 2.40. The Morgan fingerprint density at radius 2 is 2.20 bits per heavy atom. The number of nitrogens with two attached hydrogens (primary N) is 1. The number of pyridine rings is 1. The summed E-state index contributed by atoms with van der Waals surface area (Å²) in [5.41, 5.74) is 7.53. The fraction of sp³-hybridized carbons (Fsp3) is 0.615. The summed E-state index contributed by atoms with van der Waals surface area (Å²) in [6.45, 7) is 3.09. The minimum absolute atomic E-state index is 0.209. The quantitative estimate of drug-likeness (QED) is 0.803. The van der Waals surface area contributed by atoms with Crippen LogP contribution in [-0.2, 0) is 5.41 Å². The number of hydrogen-bond acceptors (Lipinski definition) is 2. The van der Waals surface area contributed by atoms with E-state index in [1.807, 2.05) is 18.5 Å². The lowest BCUT2D eigenvalue weighted by Gasteiger charge is -2.38. The second-order valence-electron chi connectivity index (χ2n) is 4.91. The van der Waals surface area contributed by atoms with E-state index in [1.165, 1.54) is 31.2 Å². The zero-order valence-corrected chi connectivity index (χ0v) is 9.45. The standard InChI is InChI=1S/C13H20N2/c1-11-4-6-13(10-14,7-5-11)12-3-2-8-15-9-12/h2-3,8-9,11H,4-7,10,14H2,1H3. The van der Waals surface area contributed by atoms with E-state index in [2.05, 4.69) is 18.0 Å². The molecule has 0 aliphatic heterocycles. The molecule has 1 fully saturated rings. The lowest BCUT2D eigenvalue weighted by molar-refractivity contribution is 0.247. The van der Waals surface area contributed by atoms with Gasteiger partial charge in [-0.2, -0.15) is 0 Å². The summed E-state index contributed by atoms with van der Waals surface area (Å²) in [4.78, 5) is 4.22. The van der Waals surface area contributed by atoms with Gasteiger partial charge in [-0.15, -0.1) is 0 Å². The highest BCUT2D eigenvalue weighted by atomic mass is 14.7. The van der Waals surface area contributed by atoms with Crippen molar-refractivity contribution in [2.75, 3.05) is 6.54 Å². The smallest absolute Gasteiger partial charge is 0.0306 e. The molecule has 2 rings (SSSR count). The molecular weight excluding hydrogens is 184 g/mol. The topological polar surface area (TPSA) is 38.9 Å². The maximum absolute atomic E-state index is 5.99. The van der Waals surface area contributed by atoms with Crippen LogP contribution in [0.2, 0.25) is 0 Å². The molecule has 0 radical (unpaired) electrons. The molecule has 2 heteroatoms. The zero-order chi connectivity index (χ0) is 10.7. The molecule has 2 nitrogen and oxygen atoms in total. The lowest BCUT2D eigenvalue weighted by atomic mass is 9.67. The summed E-state index contributed by atoms with van der Waals surface area (Å²) in [7, 11) is 0. The third-order valence-corrected chi connectivity index (χ3v) is 3.90. The minimum atomic E-state index is 0.209. The largest absolute Gasteiger partial charge is 0.330 e. The van der Waals surface area contributed by atoms with E-state index in [1.54, 1.807) is 0 Å². The van der Waals surface area contributed by atoms with Gasteiger partial charge < -0.3 is 5.73 Å². The van der Waals surface area contributed by atoms with Gasteiger partial charge in [-0.1, -0.05) is 13.0 Å². The fourth-order valence-electron chi connectivity index (χ4n) is 2.60. The predicted molar refractivity (Wildman–Crippen MR) is 62.6 cm³/mol. The van der Waals surface area contributed by atoms with Crippen LogP contribution in [0.3, 0.4) is 0 Å². The Bertz CT molecular complexity index is 300. The molecule has 2 N–H and O–H groups in total. The first-order chi connectivity index (χ1) is 7.27. The number of aromatic nitrogens is 1. The van der Waals surface area contributed by atoms with Gasteiger partial charge in [0.25, 0.3) is 0 Å². The molecule has 1 aliphatic rings. The van der Waals surface area contributed by atoms with Gasteiger partial charge in [-0.25, -0.2) is 0 Å². The van der Waals surface area contributed by atoms with Crippen molar-refractivity contribution in [1.82, 2.24) is 4.98 Å². The van der Waals surface area contributed by atoms with Gasteiger partial charge in [0.05, 0.1) is 0 Å². The molecule has 0 spiro atoms. The number of nitrogens with zero attached hydrogens (tertiary/aromatic N) is 1. The second-order valence-corrected chi connectivity index (χ2v) is 4.91. The van der Waals surface area contributed by atoms with Gasteiger partial charge >= 0.3 is 0 Å². The van der Waals surface area contributed by atoms with Gasteiger partial charge in [-0.3, -0.25) is 4.98 Å². The van der Waals surface area contributed by atoms with Crippen molar-refractivity contribution < 1.29 is 0 Å². The third-order valence-electron chi connectivity index (χ3n) is 3.90. The van der Waals surface area contributed by atoms with E-state index in [9.17, 15) is 0 Å². The fourth-order valence-corrected chi connectivity index (χ4v) is 2.60. The zero-order valence-electron chi connectivity index (χ0n) is 9.45. The van der Waals surface area contributed by atoms with E-state index in [-0.39, 0.29) is 5.41 Å². The van der Waals surface area contributed by atoms with Gasteiger partial charge in [0, 0.05) is 24.4 Å². The SMILES string of the molecule is CC1CCC(CN)(c2cccnc2)CC1. The van der Waals surface area contributed by atoms with Crippen LogP contribution < -0.4 is 5.73 Å². The van der Waals surface area contributed by atoms with Crippen molar-refractivity contribution in [2.45, 2.75) is 38.0 Å². The van der Waals surface area contributed by atoms with Gasteiger partial charge in [0.1, 0.15) is 0 Å². The summed E-state index contributed by atoms with van der Waals surface area (Å²) in [6.07, 6.45) is 8.85. The van der Waals surface area contributed by atoms with Crippen LogP contribution in [-0.4, -0.2) is 11.5 Å². The summed E-state index contributed by atoms with van der Waals surface area (Å²) in [6, 6.07) is 4.20. The molecule has 0 bridgehead atoms. The Balaban J connectivity index is 2.23. The van der Waals surface area contributed by atoms with Crippen LogP contribution in [0.1, 0.15) is 38.2 Å². The minimum Gasteiger partial charge on any atom is -0.330 e. The molecule has 0 amide bonds. The molecular formula is C13H20N2. The van der Waals surface area contributed by atoms with E-state index < -0.39 is 0 Å². The van der Waals surface area contributed by atoms with Crippen molar-refractivity contribution in [3.8, 4) is 0 Å². The van der Waals surface area contributed by atoms with Gasteiger partial charge in [0.2, 0.25) is 0 Å². The van der Waals surface area contributed by atoms with E-state index in [4.69, 9.17) is 5.73 Å². The Labute approximate surface area is 91.9 Å². The normalized spacial score (nSPS) is 31.5. The molecule has 1 heterocycles. The first kappa shape index (κ1) is 10.6. The van der Waals surface area contributed by atoms with Crippen LogP contribution in [0.4, 0.5) is 0 Å². The Hall–Kier alpha value is -0.890.